The minimum atomic E-state index is -3.78. The molecule has 0 amide bonds. The maximum atomic E-state index is 12.9. The van der Waals surface area contributed by atoms with Crippen LogP contribution in [0.3, 0.4) is 0 Å². The predicted molar refractivity (Wildman–Crippen MR) is 84.6 cm³/mol. The molecule has 2 aromatic rings. The van der Waals surface area contributed by atoms with Crippen LogP contribution < -0.4 is 4.72 Å². The molecule has 114 valence electrons. The van der Waals surface area contributed by atoms with Crippen LogP contribution in [0.2, 0.25) is 0 Å². The lowest BCUT2D eigenvalue weighted by Crippen LogP contribution is -2.13. The molecular weight excluding hydrogens is 323 g/mol. The number of benzene rings is 2. The molecule has 0 aliphatic carbocycles. The number of nitrogens with one attached hydrogen (secondary N) is 1. The fraction of sp³-hybridized carbons (Fsp3) is 0.133. The average Bonchev–Trinajstić information content (AvgIpc) is 2.49. The van der Waals surface area contributed by atoms with Gasteiger partial charge in [-0.3, -0.25) is 4.72 Å². The number of nitrogens with zero attached hydrogens (tertiary/aromatic N) is 1. The molecule has 0 radical (unpaired) electrons. The molecule has 22 heavy (non-hydrogen) atoms. The van der Waals surface area contributed by atoms with Crippen LogP contribution in [0.4, 0.5) is 10.1 Å². The second-order valence-electron chi connectivity index (χ2n) is 4.31. The smallest absolute Gasteiger partial charge is 0.261 e. The Hall–Kier alpha value is -2.04. The van der Waals surface area contributed by atoms with Gasteiger partial charge in [-0.05, 0) is 36.4 Å². The van der Waals surface area contributed by atoms with Crippen molar-refractivity contribution in [2.75, 3.05) is 10.5 Å². The summed E-state index contributed by atoms with van der Waals surface area (Å²) in [7, 11) is -3.78. The molecule has 0 saturated carbocycles. The standard InChI is InChI=1S/C15H13FN2O2S2/c16-12-6-8-13(9-7-12)22(19,20)18-14-4-1-2-5-15(14)21-11-3-10-17/h1-2,4-9,18H,3,11H2. The van der Waals surface area contributed by atoms with Crippen LogP contribution in [0.25, 0.3) is 0 Å². The Morgan fingerprint density at radius 2 is 1.82 bits per heavy atom. The highest BCUT2D eigenvalue weighted by Gasteiger charge is 2.16. The van der Waals surface area contributed by atoms with E-state index in [2.05, 4.69) is 4.72 Å². The van der Waals surface area contributed by atoms with Gasteiger partial charge >= 0.3 is 0 Å². The molecule has 0 bridgehead atoms. The molecule has 0 aliphatic heterocycles. The van der Waals surface area contributed by atoms with Crippen LogP contribution in [-0.4, -0.2) is 14.2 Å². The summed E-state index contributed by atoms with van der Waals surface area (Å²) in [5, 5.41) is 8.57. The van der Waals surface area contributed by atoms with E-state index in [-0.39, 0.29) is 4.90 Å². The molecule has 2 rings (SSSR count). The molecule has 0 atom stereocenters. The summed E-state index contributed by atoms with van der Waals surface area (Å²) in [4.78, 5) is 0.731. The summed E-state index contributed by atoms with van der Waals surface area (Å²) >= 11 is 1.40. The summed E-state index contributed by atoms with van der Waals surface area (Å²) < 4.78 is 40.0. The minimum Gasteiger partial charge on any atom is -0.278 e. The Morgan fingerprint density at radius 1 is 1.14 bits per heavy atom. The molecule has 0 heterocycles. The van der Waals surface area contributed by atoms with Crippen LogP contribution >= 0.6 is 11.8 Å². The van der Waals surface area contributed by atoms with Crippen molar-refractivity contribution in [2.45, 2.75) is 16.2 Å². The van der Waals surface area contributed by atoms with Crippen molar-refractivity contribution in [3.8, 4) is 6.07 Å². The summed E-state index contributed by atoms with van der Waals surface area (Å²) in [6.45, 7) is 0. The van der Waals surface area contributed by atoms with Crippen LogP contribution in [0, 0.1) is 17.1 Å². The maximum Gasteiger partial charge on any atom is 0.261 e. The minimum absolute atomic E-state index is 0.00859. The van der Waals surface area contributed by atoms with E-state index in [9.17, 15) is 12.8 Å². The van der Waals surface area contributed by atoms with Crippen LogP contribution in [-0.2, 0) is 10.0 Å². The molecule has 1 N–H and O–H groups in total. The maximum absolute atomic E-state index is 12.9. The number of para-hydroxylation sites is 1. The summed E-state index contributed by atoms with van der Waals surface area (Å²) in [5.41, 5.74) is 0.440. The lowest BCUT2D eigenvalue weighted by atomic mass is 10.3. The molecular formula is C15H13FN2O2S2. The van der Waals surface area contributed by atoms with Crippen molar-refractivity contribution < 1.29 is 12.8 Å². The van der Waals surface area contributed by atoms with E-state index in [0.717, 1.165) is 17.0 Å². The van der Waals surface area contributed by atoms with Gasteiger partial charge in [0.2, 0.25) is 0 Å². The lowest BCUT2D eigenvalue weighted by molar-refractivity contribution is 0.599. The number of hydrogen-bond acceptors (Lipinski definition) is 4. The number of sulfonamides is 1. The largest absolute Gasteiger partial charge is 0.278 e. The molecule has 0 saturated heterocycles. The van der Waals surface area contributed by atoms with Crippen molar-refractivity contribution in [3.05, 3.63) is 54.3 Å². The monoisotopic (exact) mass is 336 g/mol. The number of hydrogen-bond donors (Lipinski definition) is 1. The lowest BCUT2D eigenvalue weighted by Gasteiger charge is -2.12. The van der Waals surface area contributed by atoms with Gasteiger partial charge in [-0.2, -0.15) is 5.26 Å². The first-order valence-electron chi connectivity index (χ1n) is 6.40. The van der Waals surface area contributed by atoms with Gasteiger partial charge in [0.1, 0.15) is 5.82 Å². The molecule has 4 nitrogen and oxygen atoms in total. The van der Waals surface area contributed by atoms with Gasteiger partial charge in [-0.15, -0.1) is 11.8 Å². The van der Waals surface area contributed by atoms with E-state index in [1.54, 1.807) is 24.3 Å². The first-order chi connectivity index (χ1) is 10.5. The van der Waals surface area contributed by atoms with E-state index in [4.69, 9.17) is 5.26 Å². The highest BCUT2D eigenvalue weighted by atomic mass is 32.2. The normalized spacial score (nSPS) is 10.9. The molecule has 0 aliphatic rings. The quantitative estimate of drug-likeness (QED) is 0.646. The second-order valence-corrected chi connectivity index (χ2v) is 7.13. The van der Waals surface area contributed by atoms with Gasteiger partial charge in [-0.1, -0.05) is 12.1 Å². The molecule has 0 fully saturated rings. The summed E-state index contributed by atoms with van der Waals surface area (Å²) in [6.07, 6.45) is 0.379. The van der Waals surface area contributed by atoms with Gasteiger partial charge in [0, 0.05) is 17.1 Å². The number of thioether (sulfide) groups is 1. The van der Waals surface area contributed by atoms with E-state index in [1.807, 2.05) is 6.07 Å². The van der Waals surface area contributed by atoms with E-state index >= 15 is 0 Å². The molecule has 2 aromatic carbocycles. The van der Waals surface area contributed by atoms with Gasteiger partial charge < -0.3 is 0 Å². The van der Waals surface area contributed by atoms with Crippen molar-refractivity contribution in [3.63, 3.8) is 0 Å². The van der Waals surface area contributed by atoms with Crippen LogP contribution in [0.15, 0.2) is 58.3 Å². The SMILES string of the molecule is N#CCCSc1ccccc1NS(=O)(=O)c1ccc(F)cc1. The second kappa shape index (κ2) is 7.29. The highest BCUT2D eigenvalue weighted by molar-refractivity contribution is 7.99. The predicted octanol–water partition coefficient (Wildman–Crippen LogP) is 3.63. The van der Waals surface area contributed by atoms with Crippen LogP contribution in [0.5, 0.6) is 0 Å². The van der Waals surface area contributed by atoms with Crippen molar-refractivity contribution >= 4 is 27.5 Å². The van der Waals surface area contributed by atoms with E-state index < -0.39 is 15.8 Å². The zero-order valence-electron chi connectivity index (χ0n) is 11.5. The zero-order valence-corrected chi connectivity index (χ0v) is 13.1. The molecule has 7 heteroatoms. The third-order valence-electron chi connectivity index (χ3n) is 2.73. The van der Waals surface area contributed by atoms with Crippen LogP contribution in [0.1, 0.15) is 6.42 Å². The van der Waals surface area contributed by atoms with Gasteiger partial charge in [0.25, 0.3) is 10.0 Å². The third-order valence-corrected chi connectivity index (χ3v) is 5.18. The Bertz CT molecular complexity index is 784. The number of rotatable bonds is 6. The van der Waals surface area contributed by atoms with Gasteiger partial charge in [0.05, 0.1) is 16.7 Å². The fourth-order valence-electron chi connectivity index (χ4n) is 1.70. The number of anilines is 1. The molecule has 0 unspecified atom stereocenters. The Balaban J connectivity index is 2.22. The summed E-state index contributed by atoms with van der Waals surface area (Å²) in [6, 6.07) is 13.6. The Kier molecular flexibility index (Phi) is 5.41. The first-order valence-corrected chi connectivity index (χ1v) is 8.87. The first kappa shape index (κ1) is 16.3. The molecule has 0 aromatic heterocycles. The van der Waals surface area contributed by atoms with E-state index in [0.29, 0.717) is 17.9 Å². The Labute approximate surface area is 133 Å². The zero-order chi connectivity index (χ0) is 16.0. The number of halogens is 1. The van der Waals surface area contributed by atoms with E-state index in [1.165, 1.54) is 23.9 Å². The topological polar surface area (TPSA) is 70.0 Å². The molecule has 0 spiro atoms. The summed E-state index contributed by atoms with van der Waals surface area (Å²) in [5.74, 6) is 0.0811. The Morgan fingerprint density at radius 3 is 2.50 bits per heavy atom. The fourth-order valence-corrected chi connectivity index (χ4v) is 3.71. The number of nitriles is 1. The van der Waals surface area contributed by atoms with Crippen molar-refractivity contribution in [1.82, 2.24) is 0 Å². The van der Waals surface area contributed by atoms with Crippen molar-refractivity contribution in [2.24, 2.45) is 0 Å². The highest BCUT2D eigenvalue weighted by Crippen LogP contribution is 2.29. The van der Waals surface area contributed by atoms with Gasteiger partial charge in [0.15, 0.2) is 0 Å². The van der Waals surface area contributed by atoms with Crippen molar-refractivity contribution in [1.29, 1.82) is 5.26 Å². The van der Waals surface area contributed by atoms with Gasteiger partial charge in [-0.25, -0.2) is 12.8 Å². The average molecular weight is 336 g/mol. The third kappa shape index (κ3) is 4.23.